The van der Waals surface area contributed by atoms with Crippen LogP contribution >= 0.6 is 0 Å². The van der Waals surface area contributed by atoms with Gasteiger partial charge in [-0.1, -0.05) is 18.2 Å². The third kappa shape index (κ3) is 5.71. The lowest BCUT2D eigenvalue weighted by molar-refractivity contribution is -0.0138. The minimum absolute atomic E-state index is 0.171. The number of aryl methyl sites for hydroxylation is 1. The summed E-state index contributed by atoms with van der Waals surface area (Å²) in [5.41, 5.74) is 8.97. The topological polar surface area (TPSA) is 102 Å². The summed E-state index contributed by atoms with van der Waals surface area (Å²) in [5.74, 6) is 1.33. The zero-order valence-corrected chi connectivity index (χ0v) is 17.2. The third-order valence-electron chi connectivity index (χ3n) is 4.99. The van der Waals surface area contributed by atoms with Crippen molar-refractivity contribution in [3.05, 3.63) is 65.7 Å². The summed E-state index contributed by atoms with van der Waals surface area (Å²) < 4.78 is 6.08. The van der Waals surface area contributed by atoms with Gasteiger partial charge in [0.25, 0.3) is 0 Å². The Morgan fingerprint density at radius 1 is 1.17 bits per heavy atom. The maximum Gasteiger partial charge on any atom is 0.232 e. The van der Waals surface area contributed by atoms with Gasteiger partial charge in [0.2, 0.25) is 11.9 Å². The van der Waals surface area contributed by atoms with Crippen molar-refractivity contribution >= 4 is 17.6 Å². The average Bonchev–Trinajstić information content (AvgIpc) is 2.73. The molecule has 0 bridgehead atoms. The molecule has 3 heterocycles. The van der Waals surface area contributed by atoms with Crippen molar-refractivity contribution in [1.82, 2.24) is 24.8 Å². The normalized spacial score (nSPS) is 17.0. The molecule has 0 spiro atoms. The minimum atomic E-state index is 0.171. The van der Waals surface area contributed by atoms with E-state index in [1.165, 1.54) is 0 Å². The van der Waals surface area contributed by atoms with Crippen LogP contribution in [0, 0.1) is 6.92 Å². The molecular weight excluding hydrogens is 378 g/mol. The van der Waals surface area contributed by atoms with Gasteiger partial charge in [-0.05, 0) is 56.1 Å². The molecule has 8 heteroatoms. The molecule has 0 amide bonds. The number of rotatable bonds is 7. The van der Waals surface area contributed by atoms with E-state index >= 15 is 0 Å². The number of nitrogen functional groups attached to an aromatic ring is 1. The number of nitrogens with one attached hydrogen (secondary N) is 1. The highest BCUT2D eigenvalue weighted by molar-refractivity contribution is 5.54. The van der Waals surface area contributed by atoms with Crippen molar-refractivity contribution in [2.24, 2.45) is 0 Å². The van der Waals surface area contributed by atoms with Crippen molar-refractivity contribution < 1.29 is 4.74 Å². The average molecular weight is 406 g/mol. The van der Waals surface area contributed by atoms with Crippen LogP contribution in [0.2, 0.25) is 0 Å². The first-order valence-electron chi connectivity index (χ1n) is 10.2. The fourth-order valence-corrected chi connectivity index (χ4v) is 3.60. The molecule has 3 N–H and O–H groups in total. The smallest absolute Gasteiger partial charge is 0.232 e. The standard InChI is InChI=1S/C22H27N7O/c1-16-6-4-8-17(12-16)25-22-27-20(26-21(23)28-22)14-29-11-5-9-19(13-29)30-15-18-7-2-3-10-24-18/h2-4,6-8,10,12,19H,5,9,11,13-15H2,1H3,(H3,23,25,26,27,28). The van der Waals surface area contributed by atoms with E-state index in [0.29, 0.717) is 24.9 Å². The summed E-state index contributed by atoms with van der Waals surface area (Å²) >= 11 is 0. The lowest BCUT2D eigenvalue weighted by Gasteiger charge is -2.32. The van der Waals surface area contributed by atoms with Gasteiger partial charge in [0.05, 0.1) is 24.9 Å². The lowest BCUT2D eigenvalue weighted by Crippen LogP contribution is -2.39. The number of nitrogens with two attached hydrogens (primary N) is 1. The Bertz CT molecular complexity index is 967. The van der Waals surface area contributed by atoms with E-state index in [1.54, 1.807) is 6.20 Å². The van der Waals surface area contributed by atoms with E-state index in [4.69, 9.17) is 10.5 Å². The molecule has 1 aromatic carbocycles. The summed E-state index contributed by atoms with van der Waals surface area (Å²) in [7, 11) is 0. The summed E-state index contributed by atoms with van der Waals surface area (Å²) in [4.78, 5) is 19.7. The highest BCUT2D eigenvalue weighted by atomic mass is 16.5. The quantitative estimate of drug-likeness (QED) is 0.618. The molecule has 1 saturated heterocycles. The second-order valence-electron chi connectivity index (χ2n) is 7.56. The number of pyridine rings is 1. The summed E-state index contributed by atoms with van der Waals surface area (Å²) in [6.45, 7) is 5.00. The van der Waals surface area contributed by atoms with Gasteiger partial charge in [-0.15, -0.1) is 0 Å². The minimum Gasteiger partial charge on any atom is -0.371 e. The summed E-state index contributed by atoms with van der Waals surface area (Å²) in [6, 6.07) is 13.9. The van der Waals surface area contributed by atoms with Crippen molar-refractivity contribution in [3.63, 3.8) is 0 Å². The Labute approximate surface area is 176 Å². The maximum atomic E-state index is 6.08. The fourth-order valence-electron chi connectivity index (χ4n) is 3.60. The van der Waals surface area contributed by atoms with E-state index in [0.717, 1.165) is 42.9 Å². The molecule has 2 aromatic heterocycles. The highest BCUT2D eigenvalue weighted by Crippen LogP contribution is 2.18. The van der Waals surface area contributed by atoms with Gasteiger partial charge in [-0.3, -0.25) is 9.88 Å². The Morgan fingerprint density at radius 3 is 2.93 bits per heavy atom. The monoisotopic (exact) mass is 405 g/mol. The maximum absolute atomic E-state index is 6.08. The number of likely N-dealkylation sites (tertiary alicyclic amines) is 1. The molecular formula is C22H27N7O. The number of anilines is 3. The van der Waals surface area contributed by atoms with Crippen LogP contribution in [-0.4, -0.2) is 44.0 Å². The van der Waals surface area contributed by atoms with Gasteiger partial charge in [0.1, 0.15) is 5.82 Å². The summed E-state index contributed by atoms with van der Waals surface area (Å²) in [6.07, 6.45) is 4.08. The number of ether oxygens (including phenoxy) is 1. The fraction of sp³-hybridized carbons (Fsp3) is 0.364. The molecule has 1 fully saturated rings. The van der Waals surface area contributed by atoms with Gasteiger partial charge < -0.3 is 15.8 Å². The number of hydrogen-bond donors (Lipinski definition) is 2. The van der Waals surface area contributed by atoms with Gasteiger partial charge in [-0.2, -0.15) is 15.0 Å². The van der Waals surface area contributed by atoms with Crippen LogP contribution in [0.1, 0.15) is 29.9 Å². The van der Waals surface area contributed by atoms with Crippen LogP contribution in [0.25, 0.3) is 0 Å². The number of aromatic nitrogens is 4. The molecule has 156 valence electrons. The van der Waals surface area contributed by atoms with Gasteiger partial charge in [-0.25, -0.2) is 0 Å². The molecule has 8 nitrogen and oxygen atoms in total. The molecule has 1 unspecified atom stereocenters. The van der Waals surface area contributed by atoms with Crippen molar-refractivity contribution in [1.29, 1.82) is 0 Å². The second-order valence-corrected chi connectivity index (χ2v) is 7.56. The molecule has 4 rings (SSSR count). The van der Waals surface area contributed by atoms with Crippen LogP contribution in [0.15, 0.2) is 48.7 Å². The molecule has 1 aliphatic rings. The number of nitrogens with zero attached hydrogens (tertiary/aromatic N) is 5. The van der Waals surface area contributed by atoms with E-state index in [-0.39, 0.29) is 12.1 Å². The predicted molar refractivity (Wildman–Crippen MR) is 116 cm³/mol. The third-order valence-corrected chi connectivity index (χ3v) is 4.99. The van der Waals surface area contributed by atoms with Crippen LogP contribution in [0.4, 0.5) is 17.6 Å². The number of hydrogen-bond acceptors (Lipinski definition) is 8. The molecule has 3 aromatic rings. The molecule has 0 saturated carbocycles. The van der Waals surface area contributed by atoms with Crippen molar-refractivity contribution in [2.45, 2.75) is 39.0 Å². The Kier molecular flexibility index (Phi) is 6.46. The Balaban J connectivity index is 1.36. The Hall–Kier alpha value is -3.10. The number of benzene rings is 1. The van der Waals surface area contributed by atoms with E-state index in [9.17, 15) is 0 Å². The SMILES string of the molecule is Cc1cccc(Nc2nc(N)nc(CN3CCCC(OCc4ccccn4)C3)n2)c1. The van der Waals surface area contributed by atoms with E-state index in [2.05, 4.69) is 30.2 Å². The first-order chi connectivity index (χ1) is 14.6. The highest BCUT2D eigenvalue weighted by Gasteiger charge is 2.22. The van der Waals surface area contributed by atoms with Crippen LogP contribution in [-0.2, 0) is 17.9 Å². The Morgan fingerprint density at radius 2 is 2.10 bits per heavy atom. The van der Waals surface area contributed by atoms with E-state index < -0.39 is 0 Å². The van der Waals surface area contributed by atoms with Gasteiger partial charge >= 0.3 is 0 Å². The van der Waals surface area contributed by atoms with Crippen LogP contribution in [0.5, 0.6) is 0 Å². The predicted octanol–water partition coefficient (Wildman–Crippen LogP) is 3.08. The van der Waals surface area contributed by atoms with Crippen LogP contribution < -0.4 is 11.1 Å². The molecule has 1 atom stereocenters. The van der Waals surface area contributed by atoms with Gasteiger partial charge in [0, 0.05) is 18.4 Å². The second kappa shape index (κ2) is 9.60. The number of piperidine rings is 1. The zero-order chi connectivity index (χ0) is 20.8. The zero-order valence-electron chi connectivity index (χ0n) is 17.2. The summed E-state index contributed by atoms with van der Waals surface area (Å²) in [5, 5.41) is 3.22. The molecule has 0 aliphatic carbocycles. The van der Waals surface area contributed by atoms with E-state index in [1.807, 2.05) is 49.4 Å². The van der Waals surface area contributed by atoms with Crippen LogP contribution in [0.3, 0.4) is 0 Å². The first-order valence-corrected chi connectivity index (χ1v) is 10.2. The first kappa shape index (κ1) is 20.2. The van der Waals surface area contributed by atoms with Gasteiger partial charge in [0.15, 0.2) is 0 Å². The molecule has 30 heavy (non-hydrogen) atoms. The molecule has 1 aliphatic heterocycles. The largest absolute Gasteiger partial charge is 0.371 e. The van der Waals surface area contributed by atoms with Crippen molar-refractivity contribution in [3.8, 4) is 0 Å². The van der Waals surface area contributed by atoms with Crippen molar-refractivity contribution in [2.75, 3.05) is 24.1 Å². The lowest BCUT2D eigenvalue weighted by atomic mass is 10.1. The molecule has 0 radical (unpaired) electrons.